The summed E-state index contributed by atoms with van der Waals surface area (Å²) in [5, 5.41) is 0. The van der Waals surface area contributed by atoms with Gasteiger partial charge in [-0.3, -0.25) is 0 Å². The molecule has 4 rings (SSSR count). The highest BCUT2D eigenvalue weighted by Crippen LogP contribution is 2.55. The fourth-order valence-electron chi connectivity index (χ4n) is 5.36. The number of likely N-dealkylation sites (N-methyl/N-ethyl adjacent to an activating group) is 1. The standard InChI is InChI=1S/C20H29NO/c1-14(2)22-16-8-7-15-12-19-17-6-4-5-9-20(17,18(15)13-16)10-11-21(19)3/h7-8,13-14,17,19H,4-6,9-12H2,1-3H3/t17-,19-,20-/m1/s1/i1D3,2D3,14D. The number of hydrogen-bond donors (Lipinski definition) is 0. The van der Waals surface area contributed by atoms with E-state index in [1.807, 2.05) is 12.1 Å². The summed E-state index contributed by atoms with van der Waals surface area (Å²) in [4.78, 5) is 2.47. The minimum absolute atomic E-state index is 0.0486. The van der Waals surface area contributed by atoms with E-state index in [9.17, 15) is 0 Å². The Balaban J connectivity index is 1.76. The zero-order valence-corrected chi connectivity index (χ0v) is 13.2. The predicted octanol–water partition coefficient (Wildman–Crippen LogP) is 4.16. The minimum Gasteiger partial charge on any atom is -0.491 e. The van der Waals surface area contributed by atoms with Crippen molar-refractivity contribution in [1.29, 1.82) is 0 Å². The monoisotopic (exact) mass is 306 g/mol. The van der Waals surface area contributed by atoms with Crippen molar-refractivity contribution in [2.24, 2.45) is 5.92 Å². The molecule has 0 radical (unpaired) electrons. The van der Waals surface area contributed by atoms with Gasteiger partial charge < -0.3 is 9.64 Å². The van der Waals surface area contributed by atoms with Gasteiger partial charge in [-0.05, 0) is 82.2 Å². The molecule has 22 heavy (non-hydrogen) atoms. The van der Waals surface area contributed by atoms with Gasteiger partial charge in [-0.15, -0.1) is 0 Å². The fraction of sp³-hybridized carbons (Fsp3) is 0.700. The van der Waals surface area contributed by atoms with Crippen LogP contribution in [0.1, 0.15) is 66.5 Å². The molecule has 2 fully saturated rings. The molecule has 1 aromatic carbocycles. The Morgan fingerprint density at radius 3 is 3.14 bits per heavy atom. The third-order valence-corrected chi connectivity index (χ3v) is 6.31. The molecule has 0 N–H and O–H groups in total. The summed E-state index contributed by atoms with van der Waals surface area (Å²) in [6.45, 7) is -5.17. The molecule has 2 nitrogen and oxygen atoms in total. The topological polar surface area (TPSA) is 12.5 Å². The van der Waals surface area contributed by atoms with Crippen molar-refractivity contribution < 1.29 is 14.3 Å². The van der Waals surface area contributed by atoms with E-state index in [-0.39, 0.29) is 11.2 Å². The van der Waals surface area contributed by atoms with Crippen LogP contribution in [0.25, 0.3) is 0 Å². The molecule has 120 valence electrons. The van der Waals surface area contributed by atoms with E-state index in [1.54, 1.807) is 6.07 Å². The molecule has 1 saturated carbocycles. The highest BCUT2D eigenvalue weighted by atomic mass is 16.5. The maximum Gasteiger partial charge on any atom is 0.119 e. The summed E-state index contributed by atoms with van der Waals surface area (Å²) in [6, 6.07) is 5.94. The summed E-state index contributed by atoms with van der Waals surface area (Å²) in [7, 11) is 2.20. The van der Waals surface area contributed by atoms with Crippen LogP contribution in [0, 0.1) is 5.92 Å². The number of benzene rings is 1. The van der Waals surface area contributed by atoms with Crippen molar-refractivity contribution in [3.05, 3.63) is 29.3 Å². The van der Waals surface area contributed by atoms with Gasteiger partial charge in [0.15, 0.2) is 0 Å². The van der Waals surface area contributed by atoms with Crippen molar-refractivity contribution in [2.75, 3.05) is 13.6 Å². The van der Waals surface area contributed by atoms with Crippen LogP contribution >= 0.6 is 0 Å². The highest BCUT2D eigenvalue weighted by molar-refractivity contribution is 5.45. The number of ether oxygens (including phenoxy) is 1. The lowest BCUT2D eigenvalue weighted by Gasteiger charge is -2.58. The molecule has 0 aromatic heterocycles. The Bertz CT molecular complexity index is 776. The van der Waals surface area contributed by atoms with Gasteiger partial charge in [0.2, 0.25) is 0 Å². The Hall–Kier alpha value is -1.02. The minimum atomic E-state index is -3.10. The van der Waals surface area contributed by atoms with Crippen molar-refractivity contribution in [1.82, 2.24) is 4.90 Å². The van der Waals surface area contributed by atoms with Gasteiger partial charge in [-0.1, -0.05) is 18.9 Å². The highest BCUT2D eigenvalue weighted by Gasteiger charge is 2.53. The molecule has 1 aromatic rings. The Morgan fingerprint density at radius 2 is 2.27 bits per heavy atom. The lowest BCUT2D eigenvalue weighted by atomic mass is 9.52. The molecule has 1 saturated heterocycles. The molecule has 0 amide bonds. The number of piperidine rings is 1. The molecule has 3 aliphatic rings. The molecule has 3 atom stereocenters. The SMILES string of the molecule is [2H]C([2H])([2H])C([2H])(Oc1ccc2c(c1)[C@@]13CCCC[C@@H]1[C@@H](C2)N(C)CC3)C([2H])([2H])[2H]. The number of likely N-dealkylation sites (tertiary alicyclic amines) is 1. The summed E-state index contributed by atoms with van der Waals surface area (Å²) >= 11 is 0. The van der Waals surface area contributed by atoms with E-state index in [4.69, 9.17) is 14.3 Å². The summed E-state index contributed by atoms with van der Waals surface area (Å²) in [6.07, 6.45) is 3.69. The van der Waals surface area contributed by atoms with Crippen molar-refractivity contribution in [2.45, 2.75) is 69.8 Å². The smallest absolute Gasteiger partial charge is 0.119 e. The van der Waals surface area contributed by atoms with Crippen molar-refractivity contribution >= 4 is 0 Å². The van der Waals surface area contributed by atoms with Crippen LogP contribution in [0.2, 0.25) is 0 Å². The molecule has 0 unspecified atom stereocenters. The number of rotatable bonds is 2. The second-order valence-electron chi connectivity index (χ2n) is 7.26. The zero-order valence-electron chi connectivity index (χ0n) is 20.2. The number of fused-ring (bicyclic) bond motifs is 1. The second-order valence-corrected chi connectivity index (χ2v) is 7.26. The molecule has 2 aliphatic carbocycles. The van der Waals surface area contributed by atoms with Crippen molar-refractivity contribution in [3.63, 3.8) is 0 Å². The molecule has 1 heterocycles. The molecule has 2 heteroatoms. The van der Waals surface area contributed by atoms with Crippen LogP contribution in [-0.2, 0) is 11.8 Å². The molecule has 0 spiro atoms. The molecule has 2 bridgehead atoms. The Labute approximate surface area is 144 Å². The number of hydrogen-bond acceptors (Lipinski definition) is 2. The van der Waals surface area contributed by atoms with Crippen molar-refractivity contribution in [3.8, 4) is 5.75 Å². The van der Waals surface area contributed by atoms with E-state index in [0.717, 1.165) is 25.8 Å². The first-order valence-electron chi connectivity index (χ1n) is 11.9. The van der Waals surface area contributed by atoms with Crippen LogP contribution < -0.4 is 4.74 Å². The molecule has 1 aliphatic heterocycles. The summed E-state index contributed by atoms with van der Waals surface area (Å²) in [5.74, 6) is 0.728. The van der Waals surface area contributed by atoms with E-state index in [2.05, 4.69) is 11.9 Å². The Kier molecular flexibility index (Phi) is 2.09. The average molecular weight is 307 g/mol. The third kappa shape index (κ3) is 2.11. The van der Waals surface area contributed by atoms with Crippen LogP contribution in [0.5, 0.6) is 5.75 Å². The fourth-order valence-corrected chi connectivity index (χ4v) is 5.36. The lowest BCUT2D eigenvalue weighted by Crippen LogP contribution is -2.59. The number of nitrogens with zero attached hydrogens (tertiary/aromatic N) is 1. The summed E-state index contributed by atoms with van der Waals surface area (Å²) < 4.78 is 59.3. The van der Waals surface area contributed by atoms with Gasteiger partial charge in [0.1, 0.15) is 5.75 Å². The largest absolute Gasteiger partial charge is 0.491 e. The first-order chi connectivity index (χ1) is 13.4. The maximum atomic E-state index is 8.19. The van der Waals surface area contributed by atoms with Gasteiger partial charge in [-0.25, -0.2) is 0 Å². The predicted molar refractivity (Wildman–Crippen MR) is 90.6 cm³/mol. The van der Waals surface area contributed by atoms with Gasteiger partial charge in [0, 0.05) is 19.7 Å². The normalized spacial score (nSPS) is 40.5. The first-order valence-corrected chi connectivity index (χ1v) is 8.42. The van der Waals surface area contributed by atoms with Crippen LogP contribution in [-0.4, -0.2) is 30.6 Å². The van der Waals surface area contributed by atoms with Gasteiger partial charge in [0.05, 0.1) is 7.45 Å². The van der Waals surface area contributed by atoms with Gasteiger partial charge >= 0.3 is 0 Å². The third-order valence-electron chi connectivity index (χ3n) is 6.31. The van der Waals surface area contributed by atoms with E-state index in [1.165, 1.54) is 30.4 Å². The second kappa shape index (κ2) is 5.26. The maximum absolute atomic E-state index is 8.19. The zero-order chi connectivity index (χ0) is 21.2. The summed E-state index contributed by atoms with van der Waals surface area (Å²) in [5.41, 5.74) is 2.47. The molecular weight excluding hydrogens is 270 g/mol. The molecular formula is C20H29NO. The quantitative estimate of drug-likeness (QED) is 0.813. The van der Waals surface area contributed by atoms with E-state index in [0.29, 0.717) is 12.0 Å². The average Bonchev–Trinajstić information content (AvgIpc) is 2.63. The first kappa shape index (κ1) is 8.73. The Morgan fingerprint density at radius 1 is 1.36 bits per heavy atom. The van der Waals surface area contributed by atoms with Gasteiger partial charge in [0.25, 0.3) is 0 Å². The van der Waals surface area contributed by atoms with Crippen LogP contribution in [0.4, 0.5) is 0 Å². The van der Waals surface area contributed by atoms with Crippen LogP contribution in [0.15, 0.2) is 18.2 Å². The van der Waals surface area contributed by atoms with E-state index < -0.39 is 19.8 Å². The van der Waals surface area contributed by atoms with Crippen LogP contribution in [0.3, 0.4) is 0 Å². The lowest BCUT2D eigenvalue weighted by molar-refractivity contribution is 0.00266. The van der Waals surface area contributed by atoms with E-state index >= 15 is 0 Å². The van der Waals surface area contributed by atoms with Gasteiger partial charge in [-0.2, -0.15) is 0 Å².